The number of rotatable bonds is 6. The lowest BCUT2D eigenvalue weighted by atomic mass is 9.97. The SMILES string of the molecule is O=C(CC(Nc1ccc(I)cc1)c1ccccc1)c1ccccc1. The molecule has 0 spiro atoms. The number of carbonyl (C=O) groups excluding carboxylic acids is 1. The first-order valence-electron chi connectivity index (χ1n) is 7.87. The Morgan fingerprint density at radius 3 is 2.04 bits per heavy atom. The second kappa shape index (κ2) is 8.11. The molecule has 3 aromatic rings. The van der Waals surface area contributed by atoms with Crippen molar-refractivity contribution < 1.29 is 4.79 Å². The second-order valence-corrected chi connectivity index (χ2v) is 6.85. The topological polar surface area (TPSA) is 29.1 Å². The molecule has 0 bridgehead atoms. The Labute approximate surface area is 156 Å². The van der Waals surface area contributed by atoms with Crippen molar-refractivity contribution in [2.75, 3.05) is 5.32 Å². The van der Waals surface area contributed by atoms with Crippen LogP contribution in [0.2, 0.25) is 0 Å². The molecule has 0 aromatic heterocycles. The lowest BCUT2D eigenvalue weighted by molar-refractivity contribution is 0.0976. The van der Waals surface area contributed by atoms with Gasteiger partial charge in [0.05, 0.1) is 6.04 Å². The van der Waals surface area contributed by atoms with Crippen LogP contribution in [0.5, 0.6) is 0 Å². The fourth-order valence-electron chi connectivity index (χ4n) is 2.61. The van der Waals surface area contributed by atoms with E-state index in [1.807, 2.05) is 60.7 Å². The van der Waals surface area contributed by atoms with E-state index >= 15 is 0 Å². The molecule has 120 valence electrons. The van der Waals surface area contributed by atoms with Crippen LogP contribution in [0.25, 0.3) is 0 Å². The van der Waals surface area contributed by atoms with Crippen LogP contribution in [-0.2, 0) is 0 Å². The average molecular weight is 427 g/mol. The first kappa shape index (κ1) is 16.7. The van der Waals surface area contributed by atoms with Gasteiger partial charge in [-0.3, -0.25) is 4.79 Å². The smallest absolute Gasteiger partial charge is 0.165 e. The molecule has 0 fully saturated rings. The molecule has 1 unspecified atom stereocenters. The van der Waals surface area contributed by atoms with Crippen molar-refractivity contribution in [2.24, 2.45) is 0 Å². The zero-order chi connectivity index (χ0) is 16.8. The molecule has 0 saturated heterocycles. The lowest BCUT2D eigenvalue weighted by Gasteiger charge is -2.20. The summed E-state index contributed by atoms with van der Waals surface area (Å²) in [5.74, 6) is 0.141. The molecular weight excluding hydrogens is 409 g/mol. The van der Waals surface area contributed by atoms with E-state index in [9.17, 15) is 4.79 Å². The summed E-state index contributed by atoms with van der Waals surface area (Å²) in [6.45, 7) is 0. The van der Waals surface area contributed by atoms with Crippen LogP contribution in [0.4, 0.5) is 5.69 Å². The second-order valence-electron chi connectivity index (χ2n) is 5.61. The quantitative estimate of drug-likeness (QED) is 0.403. The van der Waals surface area contributed by atoms with Gasteiger partial charge in [-0.2, -0.15) is 0 Å². The third-order valence-corrected chi connectivity index (χ3v) is 4.59. The number of hydrogen-bond donors (Lipinski definition) is 1. The molecule has 3 rings (SSSR count). The van der Waals surface area contributed by atoms with Gasteiger partial charge in [0.1, 0.15) is 0 Å². The summed E-state index contributed by atoms with van der Waals surface area (Å²) >= 11 is 2.29. The van der Waals surface area contributed by atoms with E-state index in [0.29, 0.717) is 6.42 Å². The highest BCUT2D eigenvalue weighted by atomic mass is 127. The largest absolute Gasteiger partial charge is 0.378 e. The van der Waals surface area contributed by atoms with Crippen molar-refractivity contribution in [3.63, 3.8) is 0 Å². The third-order valence-electron chi connectivity index (χ3n) is 3.87. The van der Waals surface area contributed by atoms with Crippen LogP contribution >= 0.6 is 22.6 Å². The summed E-state index contributed by atoms with van der Waals surface area (Å²) in [7, 11) is 0. The monoisotopic (exact) mass is 427 g/mol. The maximum Gasteiger partial charge on any atom is 0.165 e. The van der Waals surface area contributed by atoms with Gasteiger partial charge in [0.25, 0.3) is 0 Å². The van der Waals surface area contributed by atoms with E-state index in [4.69, 9.17) is 0 Å². The first-order chi connectivity index (χ1) is 11.7. The van der Waals surface area contributed by atoms with Gasteiger partial charge in [-0.1, -0.05) is 60.7 Å². The third kappa shape index (κ3) is 4.45. The fourth-order valence-corrected chi connectivity index (χ4v) is 2.97. The molecule has 2 nitrogen and oxygen atoms in total. The maximum absolute atomic E-state index is 12.6. The van der Waals surface area contributed by atoms with E-state index < -0.39 is 0 Å². The Morgan fingerprint density at radius 2 is 1.42 bits per heavy atom. The van der Waals surface area contributed by atoms with Gasteiger partial charge in [0, 0.05) is 21.2 Å². The molecular formula is C21H18INO. The van der Waals surface area contributed by atoms with Crippen LogP contribution in [0.15, 0.2) is 84.9 Å². The molecule has 24 heavy (non-hydrogen) atoms. The molecule has 0 aliphatic rings. The van der Waals surface area contributed by atoms with Crippen LogP contribution in [0.3, 0.4) is 0 Å². The minimum atomic E-state index is -0.0565. The molecule has 0 aliphatic carbocycles. The number of anilines is 1. The Bertz CT molecular complexity index is 785. The first-order valence-corrected chi connectivity index (χ1v) is 8.95. The number of benzene rings is 3. The maximum atomic E-state index is 12.6. The summed E-state index contributed by atoms with van der Waals surface area (Å²) in [6.07, 6.45) is 0.417. The van der Waals surface area contributed by atoms with Gasteiger partial charge in [0.2, 0.25) is 0 Å². The average Bonchev–Trinajstić information content (AvgIpc) is 2.64. The highest BCUT2D eigenvalue weighted by Crippen LogP contribution is 2.25. The lowest BCUT2D eigenvalue weighted by Crippen LogP contribution is -2.15. The van der Waals surface area contributed by atoms with E-state index in [0.717, 1.165) is 16.8 Å². The van der Waals surface area contributed by atoms with Gasteiger partial charge in [-0.25, -0.2) is 0 Å². The minimum absolute atomic E-state index is 0.0565. The highest BCUT2D eigenvalue weighted by molar-refractivity contribution is 14.1. The molecule has 0 heterocycles. The van der Waals surface area contributed by atoms with E-state index in [-0.39, 0.29) is 11.8 Å². The Kier molecular flexibility index (Phi) is 5.64. The Morgan fingerprint density at radius 1 is 0.833 bits per heavy atom. The van der Waals surface area contributed by atoms with Crippen molar-refractivity contribution in [3.05, 3.63) is 99.6 Å². The highest BCUT2D eigenvalue weighted by Gasteiger charge is 2.17. The van der Waals surface area contributed by atoms with Crippen molar-refractivity contribution in [2.45, 2.75) is 12.5 Å². The molecule has 1 atom stereocenters. The van der Waals surface area contributed by atoms with Crippen LogP contribution in [-0.4, -0.2) is 5.78 Å². The van der Waals surface area contributed by atoms with Gasteiger partial charge >= 0.3 is 0 Å². The van der Waals surface area contributed by atoms with Crippen molar-refractivity contribution in [1.82, 2.24) is 0 Å². The zero-order valence-corrected chi connectivity index (χ0v) is 15.3. The van der Waals surface area contributed by atoms with E-state index in [2.05, 4.69) is 52.2 Å². The number of hydrogen-bond acceptors (Lipinski definition) is 2. The van der Waals surface area contributed by atoms with Crippen molar-refractivity contribution >= 4 is 34.1 Å². The number of nitrogens with one attached hydrogen (secondary N) is 1. The predicted octanol–water partition coefficient (Wildman–Crippen LogP) is 5.72. The summed E-state index contributed by atoms with van der Waals surface area (Å²) in [5.41, 5.74) is 2.88. The van der Waals surface area contributed by atoms with E-state index in [1.54, 1.807) is 0 Å². The minimum Gasteiger partial charge on any atom is -0.378 e. The van der Waals surface area contributed by atoms with Gasteiger partial charge in [-0.15, -0.1) is 0 Å². The normalized spacial score (nSPS) is 11.7. The molecule has 0 aliphatic heterocycles. The number of halogens is 1. The molecule has 0 radical (unpaired) electrons. The predicted molar refractivity (Wildman–Crippen MR) is 107 cm³/mol. The number of ketones is 1. The number of carbonyl (C=O) groups is 1. The van der Waals surface area contributed by atoms with Gasteiger partial charge < -0.3 is 5.32 Å². The Hall–Kier alpha value is -2.14. The molecule has 0 amide bonds. The van der Waals surface area contributed by atoms with Crippen LogP contribution in [0, 0.1) is 3.57 Å². The zero-order valence-electron chi connectivity index (χ0n) is 13.2. The Balaban J connectivity index is 1.82. The van der Waals surface area contributed by atoms with Crippen molar-refractivity contribution in [3.8, 4) is 0 Å². The standard InChI is InChI=1S/C21H18INO/c22-18-11-13-19(14-12-18)23-20(16-7-3-1-4-8-16)15-21(24)17-9-5-2-6-10-17/h1-14,20,23H,15H2. The molecule has 3 aromatic carbocycles. The molecule has 0 saturated carbocycles. The molecule has 1 N–H and O–H groups in total. The molecule has 3 heteroatoms. The van der Waals surface area contributed by atoms with E-state index in [1.165, 1.54) is 3.57 Å². The van der Waals surface area contributed by atoms with Gasteiger partial charge in [0.15, 0.2) is 5.78 Å². The van der Waals surface area contributed by atoms with Gasteiger partial charge in [-0.05, 0) is 52.4 Å². The summed E-state index contributed by atoms with van der Waals surface area (Å²) in [5, 5.41) is 3.50. The summed E-state index contributed by atoms with van der Waals surface area (Å²) < 4.78 is 1.19. The van der Waals surface area contributed by atoms with Crippen molar-refractivity contribution in [1.29, 1.82) is 0 Å². The number of Topliss-reactive ketones (excluding diaryl/α,β-unsaturated/α-hetero) is 1. The van der Waals surface area contributed by atoms with Crippen LogP contribution < -0.4 is 5.32 Å². The summed E-state index contributed by atoms with van der Waals surface area (Å²) in [6, 6.07) is 27.7. The fraction of sp³-hybridized carbons (Fsp3) is 0.0952. The van der Waals surface area contributed by atoms with Crippen LogP contribution in [0.1, 0.15) is 28.4 Å². The summed E-state index contributed by atoms with van der Waals surface area (Å²) in [4.78, 5) is 12.6.